The highest BCUT2D eigenvalue weighted by Gasteiger charge is 2.19. The third-order valence-corrected chi connectivity index (χ3v) is 7.89. The number of piperidine rings is 1. The lowest BCUT2D eigenvalue weighted by Gasteiger charge is -2.31. The fourth-order valence-electron chi connectivity index (χ4n) is 5.30. The first kappa shape index (κ1) is 26.0. The molecule has 0 radical (unpaired) electrons. The highest BCUT2D eigenvalue weighted by atomic mass is 15.1. The summed E-state index contributed by atoms with van der Waals surface area (Å²) in [6.45, 7) is 16.7. The van der Waals surface area contributed by atoms with Crippen molar-refractivity contribution >= 4 is 0 Å². The van der Waals surface area contributed by atoms with Gasteiger partial charge in [0.1, 0.15) is 0 Å². The molecule has 2 aliphatic carbocycles. The van der Waals surface area contributed by atoms with E-state index in [9.17, 15) is 0 Å². The monoisotopic (exact) mass is 393 g/mol. The molecule has 0 amide bonds. The number of hydrogen-bond acceptors (Lipinski definition) is 1. The van der Waals surface area contributed by atoms with Gasteiger partial charge in [-0.05, 0) is 68.5 Å². The summed E-state index contributed by atoms with van der Waals surface area (Å²) in [5.41, 5.74) is 0. The summed E-state index contributed by atoms with van der Waals surface area (Å²) in [5.74, 6) is 5.87. The largest absolute Gasteiger partial charge is 0.306 e. The standard InChI is InChI=1S/C9H19N.2C9H18/c1-8(2)9-4-6-10(3)7-5-9;2*1-8(2)9-6-4-3-5-7-9/h8-9H,4-7H2,1-3H3;2*8-9H,3-7H2,1-2H3. The van der Waals surface area contributed by atoms with Gasteiger partial charge in [0, 0.05) is 0 Å². The molecule has 0 aromatic rings. The zero-order valence-electron chi connectivity index (χ0n) is 20.8. The van der Waals surface area contributed by atoms with Gasteiger partial charge in [-0.1, -0.05) is 106 Å². The van der Waals surface area contributed by atoms with E-state index >= 15 is 0 Å². The predicted molar refractivity (Wildman–Crippen MR) is 128 cm³/mol. The second-order valence-corrected chi connectivity index (χ2v) is 11.2. The molecule has 1 nitrogen and oxygen atoms in total. The van der Waals surface area contributed by atoms with Crippen molar-refractivity contribution in [1.29, 1.82) is 0 Å². The molecule has 0 spiro atoms. The van der Waals surface area contributed by atoms with E-state index in [0.717, 1.165) is 35.5 Å². The molecule has 3 rings (SSSR count). The third-order valence-electron chi connectivity index (χ3n) is 7.89. The Balaban J connectivity index is 0.000000210. The maximum atomic E-state index is 2.43. The van der Waals surface area contributed by atoms with E-state index in [2.05, 4.69) is 53.5 Å². The van der Waals surface area contributed by atoms with E-state index in [4.69, 9.17) is 0 Å². The van der Waals surface area contributed by atoms with Crippen molar-refractivity contribution in [2.24, 2.45) is 35.5 Å². The fraction of sp³-hybridized carbons (Fsp3) is 1.00. The van der Waals surface area contributed by atoms with Crippen LogP contribution in [-0.4, -0.2) is 25.0 Å². The molecular weight excluding hydrogens is 338 g/mol. The summed E-state index contributed by atoms with van der Waals surface area (Å²) in [6, 6.07) is 0. The van der Waals surface area contributed by atoms with Crippen LogP contribution >= 0.6 is 0 Å². The van der Waals surface area contributed by atoms with Crippen LogP contribution in [0.2, 0.25) is 0 Å². The molecule has 1 aliphatic heterocycles. The molecule has 168 valence electrons. The lowest BCUT2D eigenvalue weighted by Crippen LogP contribution is -2.32. The highest BCUT2D eigenvalue weighted by molar-refractivity contribution is 4.72. The van der Waals surface area contributed by atoms with E-state index in [-0.39, 0.29) is 0 Å². The first-order valence-corrected chi connectivity index (χ1v) is 13.0. The summed E-state index contributed by atoms with van der Waals surface area (Å²) in [4.78, 5) is 2.43. The number of likely N-dealkylation sites (tertiary alicyclic amines) is 1. The van der Waals surface area contributed by atoms with Crippen molar-refractivity contribution in [3.8, 4) is 0 Å². The first-order valence-electron chi connectivity index (χ1n) is 13.0. The molecule has 3 aliphatic rings. The second-order valence-electron chi connectivity index (χ2n) is 11.2. The van der Waals surface area contributed by atoms with Crippen molar-refractivity contribution < 1.29 is 0 Å². The minimum absolute atomic E-state index is 0.897. The van der Waals surface area contributed by atoms with Crippen LogP contribution in [0.1, 0.15) is 119 Å². The average molecular weight is 394 g/mol. The van der Waals surface area contributed by atoms with E-state index in [1.54, 1.807) is 0 Å². The molecule has 1 heterocycles. The van der Waals surface area contributed by atoms with Gasteiger partial charge in [-0.25, -0.2) is 0 Å². The third kappa shape index (κ3) is 11.2. The first-order chi connectivity index (χ1) is 13.3. The molecular formula is C27H55N. The lowest BCUT2D eigenvalue weighted by atomic mass is 9.82. The molecule has 1 heteroatoms. The fourth-order valence-corrected chi connectivity index (χ4v) is 5.30. The Bertz CT molecular complexity index is 317. The Hall–Kier alpha value is -0.0400. The molecule has 0 bridgehead atoms. The Labute approximate surface area is 179 Å². The van der Waals surface area contributed by atoms with Crippen LogP contribution in [0.3, 0.4) is 0 Å². The lowest BCUT2D eigenvalue weighted by molar-refractivity contribution is 0.185. The molecule has 1 saturated heterocycles. The van der Waals surface area contributed by atoms with Gasteiger partial charge in [0.25, 0.3) is 0 Å². The molecule has 0 unspecified atom stereocenters. The van der Waals surface area contributed by atoms with Crippen LogP contribution in [0, 0.1) is 35.5 Å². The van der Waals surface area contributed by atoms with Gasteiger partial charge in [-0.2, -0.15) is 0 Å². The smallest absolute Gasteiger partial charge is 0.00190 e. The highest BCUT2D eigenvalue weighted by Crippen LogP contribution is 2.30. The van der Waals surface area contributed by atoms with E-state index in [1.807, 2.05) is 0 Å². The van der Waals surface area contributed by atoms with Crippen LogP contribution in [0.15, 0.2) is 0 Å². The number of hydrogen-bond donors (Lipinski definition) is 0. The van der Waals surface area contributed by atoms with Crippen molar-refractivity contribution in [1.82, 2.24) is 4.90 Å². The Morgan fingerprint density at radius 2 is 0.750 bits per heavy atom. The van der Waals surface area contributed by atoms with Gasteiger partial charge >= 0.3 is 0 Å². The Morgan fingerprint density at radius 1 is 0.464 bits per heavy atom. The van der Waals surface area contributed by atoms with Gasteiger partial charge in [0.05, 0.1) is 0 Å². The quantitative estimate of drug-likeness (QED) is 0.465. The van der Waals surface area contributed by atoms with E-state index in [0.29, 0.717) is 0 Å². The number of rotatable bonds is 3. The summed E-state index contributed by atoms with van der Waals surface area (Å²) >= 11 is 0. The summed E-state index contributed by atoms with van der Waals surface area (Å²) < 4.78 is 0. The topological polar surface area (TPSA) is 3.24 Å². The van der Waals surface area contributed by atoms with Gasteiger partial charge < -0.3 is 4.90 Å². The summed E-state index contributed by atoms with van der Waals surface area (Å²) in [7, 11) is 2.22. The minimum atomic E-state index is 0.897. The van der Waals surface area contributed by atoms with Crippen LogP contribution in [-0.2, 0) is 0 Å². The van der Waals surface area contributed by atoms with Gasteiger partial charge in [-0.3, -0.25) is 0 Å². The maximum Gasteiger partial charge on any atom is -0.00190 e. The molecule has 2 saturated carbocycles. The zero-order chi connectivity index (χ0) is 20.9. The predicted octanol–water partition coefficient (Wildman–Crippen LogP) is 8.43. The van der Waals surface area contributed by atoms with Crippen LogP contribution in [0.25, 0.3) is 0 Å². The molecule has 0 aromatic heterocycles. The summed E-state index contributed by atoms with van der Waals surface area (Å²) in [5, 5.41) is 0. The van der Waals surface area contributed by atoms with Crippen LogP contribution in [0.4, 0.5) is 0 Å². The van der Waals surface area contributed by atoms with Crippen molar-refractivity contribution in [2.45, 2.75) is 119 Å². The number of nitrogens with zero attached hydrogens (tertiary/aromatic N) is 1. The van der Waals surface area contributed by atoms with E-state index < -0.39 is 0 Å². The Morgan fingerprint density at radius 3 is 1.00 bits per heavy atom. The zero-order valence-corrected chi connectivity index (χ0v) is 20.8. The normalized spacial score (nSPS) is 23.4. The maximum absolute atomic E-state index is 2.43. The molecule has 28 heavy (non-hydrogen) atoms. The van der Waals surface area contributed by atoms with Gasteiger partial charge in [0.15, 0.2) is 0 Å². The average Bonchev–Trinajstić information content (AvgIpc) is 2.70. The van der Waals surface area contributed by atoms with Gasteiger partial charge in [0.2, 0.25) is 0 Å². The van der Waals surface area contributed by atoms with Crippen molar-refractivity contribution in [3.05, 3.63) is 0 Å². The van der Waals surface area contributed by atoms with Crippen LogP contribution < -0.4 is 0 Å². The Kier molecular flexibility index (Phi) is 13.8. The van der Waals surface area contributed by atoms with Crippen molar-refractivity contribution in [2.75, 3.05) is 20.1 Å². The molecule has 0 aromatic carbocycles. The van der Waals surface area contributed by atoms with Crippen molar-refractivity contribution in [3.63, 3.8) is 0 Å². The second kappa shape index (κ2) is 14.9. The minimum Gasteiger partial charge on any atom is -0.306 e. The molecule has 0 N–H and O–H groups in total. The van der Waals surface area contributed by atoms with Gasteiger partial charge in [-0.15, -0.1) is 0 Å². The summed E-state index contributed by atoms with van der Waals surface area (Å²) in [6.07, 6.45) is 17.7. The van der Waals surface area contributed by atoms with Crippen LogP contribution in [0.5, 0.6) is 0 Å². The molecule has 3 fully saturated rings. The van der Waals surface area contributed by atoms with E-state index in [1.165, 1.54) is 90.1 Å². The SMILES string of the molecule is CC(C)C1CCCCC1.CC(C)C1CCCCC1.CC(C)C1CCN(C)CC1. The molecule has 0 atom stereocenters.